The Morgan fingerprint density at radius 2 is 0.963 bits per heavy atom. The molecule has 0 radical (unpaired) electrons. The fourth-order valence-electron chi connectivity index (χ4n) is 3.69. The third kappa shape index (κ3) is 17.0. The van der Waals surface area contributed by atoms with Crippen molar-refractivity contribution in [2.45, 2.75) is 109 Å². The molecule has 1 aromatic carbocycles. The third-order valence-electron chi connectivity index (χ3n) is 5.40. The number of hydrogen-bond acceptors (Lipinski definition) is 3. The van der Waals surface area contributed by atoms with Crippen molar-refractivity contribution < 1.29 is 10.2 Å². The van der Waals surface area contributed by atoms with E-state index in [4.69, 9.17) is 5.26 Å². The monoisotopic (exact) mass is 377 g/mol. The summed E-state index contributed by atoms with van der Waals surface area (Å²) in [5.74, 6) is 0. The zero-order valence-electron chi connectivity index (χ0n) is 17.5. The van der Waals surface area contributed by atoms with Crippen LogP contribution >= 0.6 is 0 Å². The second-order valence-electron chi connectivity index (χ2n) is 7.88. The van der Waals surface area contributed by atoms with E-state index in [-0.39, 0.29) is 0 Å². The fraction of sp³-hybridized carbons (Fsp3) is 0.750. The summed E-state index contributed by atoms with van der Waals surface area (Å²) in [5, 5.41) is 8.13. The van der Waals surface area contributed by atoms with Gasteiger partial charge in [-0.05, 0) is 24.8 Å². The van der Waals surface area contributed by atoms with Crippen LogP contribution in [0.3, 0.4) is 0 Å². The molecule has 0 fully saturated rings. The van der Waals surface area contributed by atoms with Gasteiger partial charge in [0.05, 0.1) is 0 Å². The molecule has 0 saturated heterocycles. The Morgan fingerprint density at radius 1 is 0.556 bits per heavy atom. The molecule has 0 aliphatic rings. The van der Waals surface area contributed by atoms with Gasteiger partial charge in [-0.25, -0.2) is 5.26 Å². The molecular weight excluding hydrogens is 334 g/mol. The molecule has 3 heteroatoms. The van der Waals surface area contributed by atoms with E-state index >= 15 is 0 Å². The van der Waals surface area contributed by atoms with Crippen molar-refractivity contribution >= 4 is 0 Å². The molecule has 0 bridgehead atoms. The summed E-state index contributed by atoms with van der Waals surface area (Å²) in [6.45, 7) is 0.740. The van der Waals surface area contributed by atoms with E-state index in [9.17, 15) is 0 Å². The van der Waals surface area contributed by atoms with Crippen molar-refractivity contribution in [2.75, 3.05) is 6.54 Å². The summed E-state index contributed by atoms with van der Waals surface area (Å²) in [4.78, 5) is 3.84. The molecule has 0 aromatic heterocycles. The minimum atomic E-state index is 0.740. The van der Waals surface area contributed by atoms with Gasteiger partial charge in [0.25, 0.3) is 0 Å². The van der Waals surface area contributed by atoms with Crippen molar-refractivity contribution in [1.29, 1.82) is 0 Å². The molecule has 0 unspecified atom stereocenters. The topological polar surface area (TPSA) is 41.5 Å². The molecule has 0 heterocycles. The average molecular weight is 378 g/mol. The highest BCUT2D eigenvalue weighted by atomic mass is 17.2. The molecule has 0 aliphatic heterocycles. The highest BCUT2D eigenvalue weighted by Gasteiger charge is 1.96. The molecule has 3 nitrogen and oxygen atoms in total. The van der Waals surface area contributed by atoms with Gasteiger partial charge in [0.15, 0.2) is 0 Å². The molecule has 2 N–H and O–H groups in total. The summed E-state index contributed by atoms with van der Waals surface area (Å²) in [6.07, 6.45) is 23.1. The van der Waals surface area contributed by atoms with E-state index in [0.29, 0.717) is 0 Å². The van der Waals surface area contributed by atoms with Crippen LogP contribution in [-0.2, 0) is 11.4 Å². The lowest BCUT2D eigenvalue weighted by atomic mass is 10.0. The van der Waals surface area contributed by atoms with E-state index in [1.807, 2.05) is 0 Å². The Morgan fingerprint density at radius 3 is 1.41 bits per heavy atom. The normalized spacial score (nSPS) is 11.1. The minimum Gasteiger partial charge on any atom is -0.233 e. The minimum absolute atomic E-state index is 0.740. The predicted octanol–water partition coefficient (Wildman–Crippen LogP) is 7.46. The van der Waals surface area contributed by atoms with Gasteiger partial charge >= 0.3 is 0 Å². The van der Waals surface area contributed by atoms with E-state index in [1.165, 1.54) is 108 Å². The number of hydroxylamine groups is 1. The first-order valence-electron chi connectivity index (χ1n) is 11.5. The number of unbranched alkanes of at least 4 members (excludes halogenated alkanes) is 15. The number of rotatable bonds is 20. The van der Waals surface area contributed by atoms with E-state index in [0.717, 1.165) is 13.0 Å². The number of hydrogen-bond donors (Lipinski definition) is 2. The standard InChI is InChI=1S/C24H43NO2/c26-27-25-23-19-14-12-10-8-6-4-2-1-3-5-7-9-11-13-16-20-24-21-17-15-18-22-24/h15,17-18,21-22,25-26H,1-14,16,19-20,23H2. The van der Waals surface area contributed by atoms with Gasteiger partial charge in [-0.15, -0.1) is 4.99 Å². The van der Waals surface area contributed by atoms with E-state index in [1.54, 1.807) is 0 Å². The zero-order valence-corrected chi connectivity index (χ0v) is 17.5. The third-order valence-corrected chi connectivity index (χ3v) is 5.40. The summed E-state index contributed by atoms with van der Waals surface area (Å²) < 4.78 is 0. The molecule has 0 aliphatic carbocycles. The van der Waals surface area contributed by atoms with Crippen molar-refractivity contribution in [1.82, 2.24) is 5.48 Å². The van der Waals surface area contributed by atoms with Crippen molar-refractivity contribution in [3.63, 3.8) is 0 Å². The van der Waals surface area contributed by atoms with Crippen LogP contribution in [0.2, 0.25) is 0 Å². The Balaban J connectivity index is 1.67. The van der Waals surface area contributed by atoms with Gasteiger partial charge < -0.3 is 0 Å². The first-order chi connectivity index (χ1) is 13.4. The van der Waals surface area contributed by atoms with Crippen LogP contribution in [0.5, 0.6) is 0 Å². The molecule has 0 atom stereocenters. The Labute approximate surface area is 167 Å². The van der Waals surface area contributed by atoms with Gasteiger partial charge in [-0.3, -0.25) is 0 Å². The lowest BCUT2D eigenvalue weighted by molar-refractivity contribution is -0.291. The van der Waals surface area contributed by atoms with Crippen LogP contribution in [0.4, 0.5) is 0 Å². The second kappa shape index (κ2) is 19.9. The Hall–Kier alpha value is -0.900. The SMILES string of the molecule is OONCCCCCCCCCCCCCCCCCCc1ccccc1. The van der Waals surface area contributed by atoms with Crippen LogP contribution in [0.15, 0.2) is 30.3 Å². The summed E-state index contributed by atoms with van der Waals surface area (Å²) in [7, 11) is 0. The maximum atomic E-state index is 8.13. The summed E-state index contributed by atoms with van der Waals surface area (Å²) in [5.41, 5.74) is 3.95. The average Bonchev–Trinajstić information content (AvgIpc) is 2.70. The van der Waals surface area contributed by atoms with Gasteiger partial charge in [-0.1, -0.05) is 120 Å². The second-order valence-corrected chi connectivity index (χ2v) is 7.88. The van der Waals surface area contributed by atoms with Crippen LogP contribution in [0, 0.1) is 0 Å². The molecule has 27 heavy (non-hydrogen) atoms. The Bertz CT molecular complexity index is 397. The van der Waals surface area contributed by atoms with Crippen LogP contribution in [-0.4, -0.2) is 11.8 Å². The van der Waals surface area contributed by atoms with Gasteiger partial charge in [0.2, 0.25) is 0 Å². The molecule has 1 aromatic rings. The van der Waals surface area contributed by atoms with Gasteiger partial charge in [0, 0.05) is 6.54 Å². The fourth-order valence-corrected chi connectivity index (χ4v) is 3.69. The van der Waals surface area contributed by atoms with E-state index < -0.39 is 0 Å². The first kappa shape index (κ1) is 24.1. The summed E-state index contributed by atoms with van der Waals surface area (Å²) >= 11 is 0. The number of aryl methyl sites for hydroxylation is 1. The van der Waals surface area contributed by atoms with Gasteiger partial charge in [0.1, 0.15) is 0 Å². The number of benzene rings is 1. The van der Waals surface area contributed by atoms with Crippen LogP contribution in [0.1, 0.15) is 108 Å². The van der Waals surface area contributed by atoms with Crippen molar-refractivity contribution in [3.8, 4) is 0 Å². The molecule has 0 amide bonds. The smallest absolute Gasteiger partial charge is 0.0239 e. The zero-order chi connectivity index (χ0) is 19.3. The van der Waals surface area contributed by atoms with E-state index in [2.05, 4.69) is 40.8 Å². The van der Waals surface area contributed by atoms with Crippen molar-refractivity contribution in [2.24, 2.45) is 0 Å². The van der Waals surface area contributed by atoms with Crippen molar-refractivity contribution in [3.05, 3.63) is 35.9 Å². The molecular formula is C24H43NO2. The molecule has 156 valence electrons. The summed E-state index contributed by atoms with van der Waals surface area (Å²) in [6, 6.07) is 10.9. The molecule has 0 saturated carbocycles. The lowest BCUT2D eigenvalue weighted by Crippen LogP contribution is -2.13. The quantitative estimate of drug-likeness (QED) is 0.141. The lowest BCUT2D eigenvalue weighted by Gasteiger charge is -2.04. The van der Waals surface area contributed by atoms with Crippen LogP contribution < -0.4 is 5.48 Å². The van der Waals surface area contributed by atoms with Crippen LogP contribution in [0.25, 0.3) is 0 Å². The van der Waals surface area contributed by atoms with Gasteiger partial charge in [-0.2, -0.15) is 5.48 Å². The highest BCUT2D eigenvalue weighted by Crippen LogP contribution is 2.14. The molecule has 0 spiro atoms. The number of nitrogens with one attached hydrogen (secondary N) is 1. The largest absolute Gasteiger partial charge is 0.233 e. The maximum absolute atomic E-state index is 8.13. The highest BCUT2D eigenvalue weighted by molar-refractivity contribution is 5.14. The Kier molecular flexibility index (Phi) is 17.7. The first-order valence-corrected chi connectivity index (χ1v) is 11.5. The predicted molar refractivity (Wildman–Crippen MR) is 116 cm³/mol. The molecule has 1 rings (SSSR count). The maximum Gasteiger partial charge on any atom is 0.0239 e.